The third-order valence-corrected chi connectivity index (χ3v) is 8.97. The largest absolute Gasteiger partial charge is 0.411 e. The van der Waals surface area contributed by atoms with E-state index < -0.39 is 14.4 Å². The Morgan fingerprint density at radius 2 is 1.86 bits per heavy atom. The third-order valence-electron chi connectivity index (χ3n) is 4.46. The van der Waals surface area contributed by atoms with Gasteiger partial charge in [0, 0.05) is 18.9 Å². The fourth-order valence-electron chi connectivity index (χ4n) is 1.78. The molecular weight excluding hydrogens is 292 g/mol. The predicted molar refractivity (Wildman–Crippen MR) is 96.2 cm³/mol. The van der Waals surface area contributed by atoms with E-state index in [-0.39, 0.29) is 23.7 Å². The van der Waals surface area contributed by atoms with E-state index in [0.29, 0.717) is 12.8 Å². The summed E-state index contributed by atoms with van der Waals surface area (Å²) in [6.07, 6.45) is 10.6. The zero-order valence-corrected chi connectivity index (χ0v) is 16.1. The molecular formula is C18H34O3Si. The van der Waals surface area contributed by atoms with E-state index in [1.165, 1.54) is 0 Å². The van der Waals surface area contributed by atoms with Crippen LogP contribution in [0.2, 0.25) is 18.1 Å². The van der Waals surface area contributed by atoms with Crippen molar-refractivity contribution in [2.45, 2.75) is 77.3 Å². The van der Waals surface area contributed by atoms with Gasteiger partial charge in [-0.15, -0.1) is 12.3 Å². The van der Waals surface area contributed by atoms with Crippen LogP contribution >= 0.6 is 0 Å². The lowest BCUT2D eigenvalue weighted by Crippen LogP contribution is -2.43. The van der Waals surface area contributed by atoms with E-state index in [9.17, 15) is 5.11 Å². The molecule has 22 heavy (non-hydrogen) atoms. The molecule has 3 atom stereocenters. The molecule has 0 saturated carbocycles. The average molecular weight is 327 g/mol. The molecule has 0 unspecified atom stereocenters. The van der Waals surface area contributed by atoms with Crippen molar-refractivity contribution in [3.05, 3.63) is 12.2 Å². The van der Waals surface area contributed by atoms with Gasteiger partial charge in [0.1, 0.15) is 0 Å². The summed E-state index contributed by atoms with van der Waals surface area (Å²) < 4.78 is 6.41. The molecule has 3 nitrogen and oxygen atoms in total. The monoisotopic (exact) mass is 326 g/mol. The van der Waals surface area contributed by atoms with Gasteiger partial charge in [-0.3, -0.25) is 0 Å². The summed E-state index contributed by atoms with van der Waals surface area (Å²) >= 11 is 0. The maximum atomic E-state index is 9.90. The summed E-state index contributed by atoms with van der Waals surface area (Å²) in [4.78, 5) is 0. The number of terminal acetylenes is 1. The highest BCUT2D eigenvalue weighted by molar-refractivity contribution is 6.74. The second-order valence-corrected chi connectivity index (χ2v) is 12.3. The SMILES string of the molecule is C#CC[C@H](O)[C@H](C)/C=C/[C@@H](CCCO)O[Si](C)(C)C(C)(C)C. The van der Waals surface area contributed by atoms with Gasteiger partial charge in [0.05, 0.1) is 12.2 Å². The van der Waals surface area contributed by atoms with Gasteiger partial charge in [0.15, 0.2) is 8.32 Å². The Balaban J connectivity index is 4.89. The van der Waals surface area contributed by atoms with Crippen LogP contribution in [0.5, 0.6) is 0 Å². The Labute approximate surface area is 137 Å². The highest BCUT2D eigenvalue weighted by atomic mass is 28.4. The molecule has 0 heterocycles. The summed E-state index contributed by atoms with van der Waals surface area (Å²) in [7, 11) is -1.86. The number of hydrogen-bond donors (Lipinski definition) is 2. The van der Waals surface area contributed by atoms with E-state index in [2.05, 4.69) is 39.8 Å². The number of rotatable bonds is 9. The highest BCUT2D eigenvalue weighted by Crippen LogP contribution is 2.37. The first kappa shape index (κ1) is 21.4. The molecule has 0 saturated heterocycles. The van der Waals surface area contributed by atoms with Crippen LogP contribution in [0.15, 0.2) is 12.2 Å². The summed E-state index contributed by atoms with van der Waals surface area (Å²) in [6.45, 7) is 13.2. The molecule has 4 heteroatoms. The van der Waals surface area contributed by atoms with E-state index in [1.54, 1.807) is 0 Å². The van der Waals surface area contributed by atoms with Gasteiger partial charge < -0.3 is 14.6 Å². The molecule has 0 aliphatic heterocycles. The summed E-state index contributed by atoms with van der Waals surface area (Å²) in [5, 5.41) is 19.1. The van der Waals surface area contributed by atoms with Crippen LogP contribution in [0, 0.1) is 18.3 Å². The molecule has 0 aromatic carbocycles. The minimum absolute atomic E-state index is 0.00399. The van der Waals surface area contributed by atoms with Crippen LogP contribution in [0.4, 0.5) is 0 Å². The Bertz CT molecular complexity index is 377. The lowest BCUT2D eigenvalue weighted by atomic mass is 10.0. The quantitative estimate of drug-likeness (QED) is 0.386. The van der Waals surface area contributed by atoms with Crippen molar-refractivity contribution in [3.8, 4) is 12.3 Å². The molecule has 128 valence electrons. The molecule has 0 aromatic rings. The zero-order chi connectivity index (χ0) is 17.4. The number of hydrogen-bond acceptors (Lipinski definition) is 3. The van der Waals surface area contributed by atoms with Gasteiger partial charge in [-0.1, -0.05) is 39.8 Å². The first-order chi connectivity index (χ1) is 10.0. The molecule has 0 aliphatic carbocycles. The zero-order valence-electron chi connectivity index (χ0n) is 15.1. The van der Waals surface area contributed by atoms with Gasteiger partial charge in [-0.25, -0.2) is 0 Å². The van der Waals surface area contributed by atoms with Crippen molar-refractivity contribution in [2.75, 3.05) is 6.61 Å². The molecule has 0 amide bonds. The highest BCUT2D eigenvalue weighted by Gasteiger charge is 2.38. The topological polar surface area (TPSA) is 49.7 Å². The first-order valence-electron chi connectivity index (χ1n) is 8.13. The van der Waals surface area contributed by atoms with Crippen LogP contribution < -0.4 is 0 Å². The minimum atomic E-state index is -1.86. The normalized spacial score (nSPS) is 17.2. The van der Waals surface area contributed by atoms with Gasteiger partial charge in [0.25, 0.3) is 0 Å². The average Bonchev–Trinajstić information content (AvgIpc) is 2.40. The molecule has 0 rings (SSSR count). The fraction of sp³-hybridized carbons (Fsp3) is 0.778. The molecule has 0 spiro atoms. The lowest BCUT2D eigenvalue weighted by molar-refractivity contribution is 0.141. The van der Waals surface area contributed by atoms with Crippen molar-refractivity contribution < 1.29 is 14.6 Å². The van der Waals surface area contributed by atoms with Crippen molar-refractivity contribution in [1.82, 2.24) is 0 Å². The van der Waals surface area contributed by atoms with E-state index in [1.807, 2.05) is 19.1 Å². The second kappa shape index (κ2) is 9.52. The number of aliphatic hydroxyl groups is 2. The molecule has 0 aromatic heterocycles. The summed E-state index contributed by atoms with van der Waals surface area (Å²) in [5.74, 6) is 2.48. The van der Waals surface area contributed by atoms with Gasteiger partial charge in [0.2, 0.25) is 0 Å². The van der Waals surface area contributed by atoms with Crippen molar-refractivity contribution in [3.63, 3.8) is 0 Å². The Hall–Kier alpha value is -0.603. The third kappa shape index (κ3) is 7.60. The number of aliphatic hydroxyl groups excluding tert-OH is 2. The molecule has 2 N–H and O–H groups in total. The van der Waals surface area contributed by atoms with Crippen molar-refractivity contribution in [2.24, 2.45) is 5.92 Å². The van der Waals surface area contributed by atoms with Crippen LogP contribution in [-0.4, -0.2) is 37.3 Å². The first-order valence-corrected chi connectivity index (χ1v) is 11.0. The van der Waals surface area contributed by atoms with E-state index in [0.717, 1.165) is 6.42 Å². The molecule has 0 radical (unpaired) electrons. The molecule has 0 aliphatic rings. The van der Waals surface area contributed by atoms with Crippen LogP contribution in [0.3, 0.4) is 0 Å². The summed E-state index contributed by atoms with van der Waals surface area (Å²) in [5.41, 5.74) is 0. The molecule has 0 bridgehead atoms. The van der Waals surface area contributed by atoms with Gasteiger partial charge in [-0.2, -0.15) is 0 Å². The Morgan fingerprint density at radius 1 is 1.27 bits per heavy atom. The lowest BCUT2D eigenvalue weighted by Gasteiger charge is -2.38. The van der Waals surface area contributed by atoms with Gasteiger partial charge in [-0.05, 0) is 31.0 Å². The van der Waals surface area contributed by atoms with E-state index in [4.69, 9.17) is 16.0 Å². The van der Waals surface area contributed by atoms with Crippen molar-refractivity contribution >= 4 is 8.32 Å². The second-order valence-electron chi connectivity index (χ2n) is 7.50. The standard InChI is InChI=1S/C18H34O3Si/c1-8-10-17(20)15(2)12-13-16(11-9-14-19)21-22(6,7)18(3,4)5/h1,12-13,15-17,19-20H,9-11,14H2,2-7H3/b13-12+/t15-,16-,17+/m1/s1. The minimum Gasteiger partial charge on any atom is -0.411 e. The van der Waals surface area contributed by atoms with Crippen LogP contribution in [-0.2, 0) is 4.43 Å². The van der Waals surface area contributed by atoms with E-state index >= 15 is 0 Å². The fourth-order valence-corrected chi connectivity index (χ4v) is 3.08. The van der Waals surface area contributed by atoms with Gasteiger partial charge >= 0.3 is 0 Å². The predicted octanol–water partition coefficient (Wildman–Crippen LogP) is 3.73. The van der Waals surface area contributed by atoms with Crippen LogP contribution in [0.25, 0.3) is 0 Å². The Kier molecular flexibility index (Phi) is 9.26. The van der Waals surface area contributed by atoms with Crippen LogP contribution in [0.1, 0.15) is 47.0 Å². The Morgan fingerprint density at radius 3 is 2.32 bits per heavy atom. The molecule has 0 fully saturated rings. The smallest absolute Gasteiger partial charge is 0.192 e. The maximum absolute atomic E-state index is 9.90. The summed E-state index contributed by atoms with van der Waals surface area (Å²) in [6, 6.07) is 0. The maximum Gasteiger partial charge on any atom is 0.192 e. The van der Waals surface area contributed by atoms with Crippen molar-refractivity contribution in [1.29, 1.82) is 0 Å².